The van der Waals surface area contributed by atoms with Gasteiger partial charge in [-0.25, -0.2) is 10.1 Å². The van der Waals surface area contributed by atoms with Gasteiger partial charge in [-0.15, -0.1) is 0 Å². The molecule has 9 heteroatoms. The summed E-state index contributed by atoms with van der Waals surface area (Å²) in [6.07, 6.45) is 2.72. The highest BCUT2D eigenvalue weighted by Crippen LogP contribution is 2.38. The van der Waals surface area contributed by atoms with E-state index in [1.807, 2.05) is 36.5 Å². The van der Waals surface area contributed by atoms with Crippen molar-refractivity contribution in [1.29, 1.82) is 0 Å². The van der Waals surface area contributed by atoms with Crippen molar-refractivity contribution >= 4 is 11.6 Å². The molecule has 1 unspecified atom stereocenters. The fourth-order valence-corrected chi connectivity index (χ4v) is 3.17. The van der Waals surface area contributed by atoms with Crippen LogP contribution in [-0.2, 0) is 9.53 Å². The number of hydrazone groups is 1. The predicted molar refractivity (Wildman–Crippen MR) is 120 cm³/mol. The lowest BCUT2D eigenvalue weighted by atomic mass is 10.1. The Kier molecular flexibility index (Phi) is 7.45. The van der Waals surface area contributed by atoms with Gasteiger partial charge in [0, 0.05) is 25.1 Å². The molecular weight excluding hydrogens is 412 g/mol. The summed E-state index contributed by atoms with van der Waals surface area (Å²) in [5.41, 5.74) is 5.41. The quantitative estimate of drug-likeness (QED) is 0.407. The molecule has 1 atom stereocenters. The maximum atomic E-state index is 12.7. The number of carbonyl (C=O) groups excluding carboxylic acids is 1. The Hall–Kier alpha value is -3.85. The van der Waals surface area contributed by atoms with Crippen LogP contribution in [0.4, 0.5) is 0 Å². The maximum Gasteiger partial charge on any atom is 0.273 e. The number of amides is 1. The van der Waals surface area contributed by atoms with Crippen LogP contribution in [0.25, 0.3) is 5.69 Å². The maximum absolute atomic E-state index is 12.7. The number of rotatable bonds is 9. The van der Waals surface area contributed by atoms with Crippen LogP contribution in [0.15, 0.2) is 60.0 Å². The average molecular weight is 438 g/mol. The highest BCUT2D eigenvalue weighted by atomic mass is 16.5. The summed E-state index contributed by atoms with van der Waals surface area (Å²) >= 11 is 0. The van der Waals surface area contributed by atoms with E-state index in [2.05, 4.69) is 15.6 Å². The average Bonchev–Trinajstić information content (AvgIpc) is 3.37. The minimum absolute atomic E-state index is 0.397. The number of aromatic nitrogens is 2. The number of nitrogens with zero attached hydrogens (tertiary/aromatic N) is 3. The molecule has 0 bridgehead atoms. The highest BCUT2D eigenvalue weighted by molar-refractivity contribution is 6.00. The molecule has 0 fully saturated rings. The molecule has 0 aliphatic heterocycles. The first-order valence-corrected chi connectivity index (χ1v) is 9.79. The lowest BCUT2D eigenvalue weighted by Crippen LogP contribution is -2.27. The molecule has 0 aliphatic rings. The van der Waals surface area contributed by atoms with Crippen molar-refractivity contribution in [3.8, 4) is 22.9 Å². The van der Waals surface area contributed by atoms with Crippen LogP contribution in [0.2, 0.25) is 0 Å². The molecule has 168 valence electrons. The predicted octanol–water partition coefficient (Wildman–Crippen LogP) is 3.13. The zero-order valence-corrected chi connectivity index (χ0v) is 18.7. The second kappa shape index (κ2) is 10.5. The molecule has 1 aromatic heterocycles. The minimum atomic E-state index is -0.821. The van der Waals surface area contributed by atoms with E-state index < -0.39 is 12.0 Å². The number of nitrogens with one attached hydrogen (secondary N) is 1. The lowest BCUT2D eigenvalue weighted by molar-refractivity contribution is -0.131. The number of hydrogen-bond acceptors (Lipinski definition) is 7. The number of methoxy groups -OCH3 is 4. The van der Waals surface area contributed by atoms with Gasteiger partial charge >= 0.3 is 0 Å². The molecular formula is C23H26N4O5. The van der Waals surface area contributed by atoms with Crippen molar-refractivity contribution in [2.45, 2.75) is 13.0 Å². The van der Waals surface area contributed by atoms with E-state index in [9.17, 15) is 4.79 Å². The summed E-state index contributed by atoms with van der Waals surface area (Å²) < 4.78 is 23.2. The molecule has 0 saturated heterocycles. The first-order chi connectivity index (χ1) is 15.5. The first-order valence-electron chi connectivity index (χ1n) is 9.79. The van der Waals surface area contributed by atoms with E-state index in [4.69, 9.17) is 18.9 Å². The van der Waals surface area contributed by atoms with Crippen molar-refractivity contribution in [2.75, 3.05) is 28.4 Å². The van der Waals surface area contributed by atoms with Crippen molar-refractivity contribution in [3.05, 3.63) is 66.0 Å². The number of hydrogen-bond donors (Lipinski definition) is 1. The normalized spacial score (nSPS) is 12.2. The van der Waals surface area contributed by atoms with Crippen molar-refractivity contribution in [3.63, 3.8) is 0 Å². The van der Waals surface area contributed by atoms with Crippen LogP contribution >= 0.6 is 0 Å². The second-order valence-corrected chi connectivity index (χ2v) is 6.75. The molecule has 9 nitrogen and oxygen atoms in total. The molecule has 1 heterocycles. The third-order valence-electron chi connectivity index (χ3n) is 4.85. The molecule has 1 amide bonds. The zero-order valence-electron chi connectivity index (χ0n) is 18.7. The van der Waals surface area contributed by atoms with Gasteiger partial charge in [-0.1, -0.05) is 12.1 Å². The Bertz CT molecular complexity index is 1050. The highest BCUT2D eigenvalue weighted by Gasteiger charge is 2.20. The Labute approximate surface area is 186 Å². The number of benzene rings is 2. The largest absolute Gasteiger partial charge is 0.493 e. The van der Waals surface area contributed by atoms with Gasteiger partial charge in [0.25, 0.3) is 5.91 Å². The second-order valence-electron chi connectivity index (χ2n) is 6.75. The molecule has 0 radical (unpaired) electrons. The van der Waals surface area contributed by atoms with Gasteiger partial charge in [0.15, 0.2) is 17.6 Å². The molecule has 1 N–H and O–H groups in total. The summed E-state index contributed by atoms with van der Waals surface area (Å²) in [6.45, 7) is 1.77. The van der Waals surface area contributed by atoms with Crippen LogP contribution in [0, 0.1) is 0 Å². The summed E-state index contributed by atoms with van der Waals surface area (Å²) in [6, 6.07) is 12.7. The lowest BCUT2D eigenvalue weighted by Gasteiger charge is -2.16. The van der Waals surface area contributed by atoms with Gasteiger partial charge in [0.2, 0.25) is 5.75 Å². The molecule has 32 heavy (non-hydrogen) atoms. The van der Waals surface area contributed by atoms with Crippen molar-refractivity contribution in [2.24, 2.45) is 5.10 Å². The van der Waals surface area contributed by atoms with Crippen molar-refractivity contribution < 1.29 is 23.7 Å². The van der Waals surface area contributed by atoms with Crippen LogP contribution in [-0.4, -0.2) is 49.8 Å². The van der Waals surface area contributed by atoms with E-state index in [-0.39, 0.29) is 0 Å². The summed E-state index contributed by atoms with van der Waals surface area (Å²) in [5, 5.41) is 8.42. The molecule has 3 rings (SSSR count). The fourth-order valence-electron chi connectivity index (χ4n) is 3.17. The van der Waals surface area contributed by atoms with Gasteiger partial charge in [-0.3, -0.25) is 4.79 Å². The SMILES string of the molecule is COc1cc(/C(C)=N/NC(=O)C(OC)c2ccc(-n3cccn3)cc2)cc(OC)c1OC. The topological polar surface area (TPSA) is 96.2 Å². The Balaban J connectivity index is 1.76. The molecule has 0 spiro atoms. The van der Waals surface area contributed by atoms with Gasteiger partial charge < -0.3 is 18.9 Å². The Morgan fingerprint density at radius 2 is 1.69 bits per heavy atom. The van der Waals surface area contributed by atoms with Gasteiger partial charge in [-0.2, -0.15) is 10.2 Å². The molecule has 3 aromatic rings. The van der Waals surface area contributed by atoms with Crippen LogP contribution < -0.4 is 19.6 Å². The minimum Gasteiger partial charge on any atom is -0.493 e. The molecule has 2 aromatic carbocycles. The molecule has 0 aliphatic carbocycles. The van der Waals surface area contributed by atoms with Crippen LogP contribution in [0.1, 0.15) is 24.2 Å². The zero-order chi connectivity index (χ0) is 23.1. The monoisotopic (exact) mass is 438 g/mol. The Morgan fingerprint density at radius 3 is 2.19 bits per heavy atom. The number of carbonyl (C=O) groups is 1. The van der Waals surface area contributed by atoms with Gasteiger partial charge in [0.05, 0.1) is 32.7 Å². The fraction of sp³-hybridized carbons (Fsp3) is 0.261. The standard InChI is InChI=1S/C23H26N4O5/c1-15(17-13-19(29-2)22(32-5)20(14-17)30-3)25-26-23(28)21(31-4)16-7-9-18(10-8-16)27-12-6-11-24-27/h6-14,21H,1-5H3,(H,26,28)/b25-15+. The smallest absolute Gasteiger partial charge is 0.273 e. The van der Waals surface area contributed by atoms with E-state index in [0.717, 1.165) is 5.69 Å². The first kappa shape index (κ1) is 22.8. The van der Waals surface area contributed by atoms with Gasteiger partial charge in [0.1, 0.15) is 0 Å². The number of ether oxygens (including phenoxy) is 4. The van der Waals surface area contributed by atoms with E-state index in [1.165, 1.54) is 28.4 Å². The third kappa shape index (κ3) is 4.89. The summed E-state index contributed by atoms with van der Waals surface area (Å²) in [7, 11) is 6.08. The summed E-state index contributed by atoms with van der Waals surface area (Å²) in [5.74, 6) is 1.07. The van der Waals surface area contributed by atoms with Crippen molar-refractivity contribution in [1.82, 2.24) is 15.2 Å². The third-order valence-corrected chi connectivity index (χ3v) is 4.85. The van der Waals surface area contributed by atoms with Crippen LogP contribution in [0.5, 0.6) is 17.2 Å². The van der Waals surface area contributed by atoms with Crippen LogP contribution in [0.3, 0.4) is 0 Å². The van der Waals surface area contributed by atoms with E-state index in [0.29, 0.717) is 34.1 Å². The molecule has 0 saturated carbocycles. The summed E-state index contributed by atoms with van der Waals surface area (Å²) in [4.78, 5) is 12.7. The van der Waals surface area contributed by atoms with E-state index >= 15 is 0 Å². The Morgan fingerprint density at radius 1 is 1.03 bits per heavy atom. The van der Waals surface area contributed by atoms with Gasteiger partial charge in [-0.05, 0) is 42.8 Å². The van der Waals surface area contributed by atoms with E-state index in [1.54, 1.807) is 29.9 Å².